The smallest absolute Gasteiger partial charge is 0.249 e. The summed E-state index contributed by atoms with van der Waals surface area (Å²) >= 11 is 3.48. The van der Waals surface area contributed by atoms with E-state index in [0.29, 0.717) is 11.5 Å². The second-order valence-electron chi connectivity index (χ2n) is 4.86. The molecule has 7 heteroatoms. The Labute approximate surface area is 141 Å². The van der Waals surface area contributed by atoms with Gasteiger partial charge in [-0.3, -0.25) is 0 Å². The van der Waals surface area contributed by atoms with E-state index in [1.165, 1.54) is 12.3 Å². The zero-order valence-corrected chi connectivity index (χ0v) is 13.8. The average Bonchev–Trinajstić information content (AvgIpc) is 2.54. The third-order valence-corrected chi connectivity index (χ3v) is 3.98. The van der Waals surface area contributed by atoms with Crippen molar-refractivity contribution in [1.29, 1.82) is 0 Å². The van der Waals surface area contributed by atoms with Gasteiger partial charge in [-0.05, 0) is 36.8 Å². The van der Waals surface area contributed by atoms with Gasteiger partial charge in [0.15, 0.2) is 5.82 Å². The Balaban J connectivity index is 1.79. The fraction of sp³-hybridized carbons (Fsp3) is 0.0625. The van der Waals surface area contributed by atoms with Crippen LogP contribution in [0.2, 0.25) is 0 Å². The topological polar surface area (TPSA) is 62.7 Å². The highest BCUT2D eigenvalue weighted by atomic mass is 79.9. The maximum absolute atomic E-state index is 13.6. The fourth-order valence-corrected chi connectivity index (χ4v) is 2.30. The number of hydrogen-bond acceptors (Lipinski definition) is 5. The zero-order valence-electron chi connectivity index (χ0n) is 12.2. The van der Waals surface area contributed by atoms with E-state index in [0.717, 1.165) is 15.7 Å². The molecular weight excluding hydrogens is 361 g/mol. The minimum absolute atomic E-state index is 0.214. The summed E-state index contributed by atoms with van der Waals surface area (Å²) in [5.74, 6) is 0.345. The Kier molecular flexibility index (Phi) is 4.47. The quantitative estimate of drug-likeness (QED) is 0.701. The van der Waals surface area contributed by atoms with Crippen molar-refractivity contribution in [3.05, 3.63) is 64.5 Å². The Morgan fingerprint density at radius 1 is 1.09 bits per heavy atom. The molecule has 0 saturated carbocycles. The van der Waals surface area contributed by atoms with E-state index < -0.39 is 0 Å². The Bertz CT molecular complexity index is 840. The van der Waals surface area contributed by atoms with Crippen molar-refractivity contribution < 1.29 is 4.39 Å². The number of nitrogens with one attached hydrogen (secondary N) is 2. The molecule has 0 amide bonds. The summed E-state index contributed by atoms with van der Waals surface area (Å²) in [7, 11) is 0. The molecule has 0 aliphatic rings. The van der Waals surface area contributed by atoms with Crippen LogP contribution in [0.4, 0.5) is 27.5 Å². The van der Waals surface area contributed by atoms with Gasteiger partial charge in [-0.25, -0.2) is 4.39 Å². The van der Waals surface area contributed by atoms with E-state index in [-0.39, 0.29) is 11.8 Å². The molecule has 0 aliphatic carbocycles. The highest BCUT2D eigenvalue weighted by Crippen LogP contribution is 2.23. The number of hydrogen-bond donors (Lipinski definition) is 2. The molecule has 0 aliphatic heterocycles. The molecule has 0 bridgehead atoms. The van der Waals surface area contributed by atoms with Crippen LogP contribution in [-0.2, 0) is 0 Å². The molecular formula is C16H13BrFN5. The third-order valence-electron chi connectivity index (χ3n) is 3.12. The molecule has 1 aromatic heterocycles. The molecule has 3 aromatic rings. The summed E-state index contributed by atoms with van der Waals surface area (Å²) in [6, 6.07) is 12.2. The number of anilines is 4. The summed E-state index contributed by atoms with van der Waals surface area (Å²) in [6.45, 7) is 2.01. The molecule has 0 spiro atoms. The van der Waals surface area contributed by atoms with Crippen LogP contribution in [-0.4, -0.2) is 15.2 Å². The number of aromatic nitrogens is 3. The zero-order chi connectivity index (χ0) is 16.2. The summed E-state index contributed by atoms with van der Waals surface area (Å²) in [5, 5.41) is 13.7. The van der Waals surface area contributed by atoms with Gasteiger partial charge in [0.2, 0.25) is 5.95 Å². The van der Waals surface area contributed by atoms with Crippen molar-refractivity contribution in [3.63, 3.8) is 0 Å². The predicted octanol–water partition coefficient (Wildman–Crippen LogP) is 4.57. The van der Waals surface area contributed by atoms with E-state index in [2.05, 4.69) is 41.7 Å². The number of para-hydroxylation sites is 1. The second-order valence-corrected chi connectivity index (χ2v) is 5.71. The maximum atomic E-state index is 13.6. The molecule has 0 fully saturated rings. The van der Waals surface area contributed by atoms with E-state index in [4.69, 9.17) is 0 Å². The van der Waals surface area contributed by atoms with Crippen LogP contribution >= 0.6 is 15.9 Å². The van der Waals surface area contributed by atoms with Gasteiger partial charge in [0.05, 0.1) is 11.9 Å². The van der Waals surface area contributed by atoms with Gasteiger partial charge in [0.25, 0.3) is 0 Å². The highest BCUT2D eigenvalue weighted by Gasteiger charge is 2.06. The summed E-state index contributed by atoms with van der Waals surface area (Å²) < 4.78 is 14.6. The Morgan fingerprint density at radius 2 is 1.91 bits per heavy atom. The SMILES string of the molecule is Cc1ccc(Nc2cnnc(Nc3ccccc3F)n2)cc1Br. The van der Waals surface area contributed by atoms with Crippen LogP contribution in [0.5, 0.6) is 0 Å². The first-order valence-electron chi connectivity index (χ1n) is 6.86. The van der Waals surface area contributed by atoms with E-state index in [1.807, 2.05) is 25.1 Å². The highest BCUT2D eigenvalue weighted by molar-refractivity contribution is 9.10. The van der Waals surface area contributed by atoms with Crippen LogP contribution in [0.15, 0.2) is 53.1 Å². The van der Waals surface area contributed by atoms with Crippen LogP contribution in [0.1, 0.15) is 5.56 Å². The molecule has 116 valence electrons. The standard InChI is InChI=1S/C16H13BrFN5/c1-10-6-7-11(8-12(10)17)20-15-9-19-23-16(22-15)21-14-5-3-2-4-13(14)18/h2-9H,1H3,(H2,20,21,22,23). The lowest BCUT2D eigenvalue weighted by molar-refractivity contribution is 0.631. The third kappa shape index (κ3) is 3.81. The lowest BCUT2D eigenvalue weighted by Gasteiger charge is -2.09. The lowest BCUT2D eigenvalue weighted by atomic mass is 10.2. The van der Waals surface area contributed by atoms with Gasteiger partial charge >= 0.3 is 0 Å². The Hall–Kier alpha value is -2.54. The monoisotopic (exact) mass is 373 g/mol. The molecule has 3 rings (SSSR count). The summed E-state index contributed by atoms with van der Waals surface area (Å²) in [4.78, 5) is 4.28. The van der Waals surface area contributed by atoms with Gasteiger partial charge in [-0.15, -0.1) is 5.10 Å². The number of rotatable bonds is 4. The molecule has 2 N–H and O–H groups in total. The fourth-order valence-electron chi connectivity index (χ4n) is 1.92. The molecule has 0 saturated heterocycles. The van der Waals surface area contributed by atoms with Gasteiger partial charge in [0, 0.05) is 10.2 Å². The molecule has 2 aromatic carbocycles. The minimum Gasteiger partial charge on any atom is -0.339 e. The second kappa shape index (κ2) is 6.70. The molecule has 5 nitrogen and oxygen atoms in total. The minimum atomic E-state index is -0.378. The lowest BCUT2D eigenvalue weighted by Crippen LogP contribution is -2.03. The van der Waals surface area contributed by atoms with Gasteiger partial charge in [-0.2, -0.15) is 10.1 Å². The average molecular weight is 374 g/mol. The first-order chi connectivity index (χ1) is 11.1. The van der Waals surface area contributed by atoms with Crippen molar-refractivity contribution in [1.82, 2.24) is 15.2 Å². The van der Waals surface area contributed by atoms with Crippen LogP contribution in [0, 0.1) is 12.7 Å². The number of halogens is 2. The Morgan fingerprint density at radius 3 is 2.70 bits per heavy atom. The van der Waals surface area contributed by atoms with Crippen LogP contribution < -0.4 is 10.6 Å². The number of benzene rings is 2. The normalized spacial score (nSPS) is 10.4. The molecule has 0 unspecified atom stereocenters. The van der Waals surface area contributed by atoms with E-state index in [9.17, 15) is 4.39 Å². The first-order valence-corrected chi connectivity index (χ1v) is 7.65. The van der Waals surface area contributed by atoms with Crippen molar-refractivity contribution in [2.24, 2.45) is 0 Å². The van der Waals surface area contributed by atoms with Crippen LogP contribution in [0.25, 0.3) is 0 Å². The molecule has 23 heavy (non-hydrogen) atoms. The molecule has 0 atom stereocenters. The molecule has 0 radical (unpaired) electrons. The number of aryl methyl sites for hydroxylation is 1. The van der Waals surface area contributed by atoms with E-state index >= 15 is 0 Å². The van der Waals surface area contributed by atoms with Crippen molar-refractivity contribution in [2.45, 2.75) is 6.92 Å². The number of nitrogens with zero attached hydrogens (tertiary/aromatic N) is 3. The van der Waals surface area contributed by atoms with Gasteiger partial charge < -0.3 is 10.6 Å². The van der Waals surface area contributed by atoms with E-state index in [1.54, 1.807) is 18.2 Å². The predicted molar refractivity (Wildman–Crippen MR) is 91.7 cm³/mol. The first kappa shape index (κ1) is 15.4. The summed E-state index contributed by atoms with van der Waals surface area (Å²) in [5.41, 5.74) is 2.29. The van der Waals surface area contributed by atoms with Crippen molar-refractivity contribution >= 4 is 39.1 Å². The molecule has 1 heterocycles. The van der Waals surface area contributed by atoms with Crippen molar-refractivity contribution in [3.8, 4) is 0 Å². The maximum Gasteiger partial charge on any atom is 0.249 e. The van der Waals surface area contributed by atoms with Crippen LogP contribution in [0.3, 0.4) is 0 Å². The largest absolute Gasteiger partial charge is 0.339 e. The van der Waals surface area contributed by atoms with Gasteiger partial charge in [-0.1, -0.05) is 34.1 Å². The summed E-state index contributed by atoms with van der Waals surface area (Å²) in [6.07, 6.45) is 1.50. The van der Waals surface area contributed by atoms with Gasteiger partial charge in [0.1, 0.15) is 5.82 Å². The van der Waals surface area contributed by atoms with Crippen molar-refractivity contribution in [2.75, 3.05) is 10.6 Å².